The maximum absolute atomic E-state index is 12.5. The van der Waals surface area contributed by atoms with Crippen LogP contribution in [0.4, 0.5) is 0 Å². The largest absolute Gasteiger partial charge is 0.464 e. The van der Waals surface area contributed by atoms with Gasteiger partial charge in [0, 0.05) is 12.2 Å². The van der Waals surface area contributed by atoms with E-state index >= 15 is 0 Å². The first-order chi connectivity index (χ1) is 9.47. The molecule has 0 fully saturated rings. The molecule has 0 bridgehead atoms. The fraction of sp³-hybridized carbons (Fsp3) is 0.333. The number of hydrogen-bond donors (Lipinski definition) is 0. The van der Waals surface area contributed by atoms with Crippen molar-refractivity contribution in [2.24, 2.45) is 0 Å². The van der Waals surface area contributed by atoms with E-state index in [0.29, 0.717) is 17.3 Å². The Kier molecular flexibility index (Phi) is 4.45. The Morgan fingerprint density at radius 2 is 2.10 bits per heavy atom. The summed E-state index contributed by atoms with van der Waals surface area (Å²) in [6.07, 6.45) is 1.49. The van der Waals surface area contributed by atoms with E-state index in [1.54, 1.807) is 17.0 Å². The van der Waals surface area contributed by atoms with Gasteiger partial charge in [-0.1, -0.05) is 11.6 Å². The number of rotatable bonds is 4. The lowest BCUT2D eigenvalue weighted by atomic mass is 10.2. The molecule has 0 N–H and O–H groups in total. The van der Waals surface area contributed by atoms with Crippen LogP contribution in [-0.2, 0) is 6.54 Å². The predicted octanol–water partition coefficient (Wildman–Crippen LogP) is 3.69. The Labute approximate surface area is 123 Å². The summed E-state index contributed by atoms with van der Waals surface area (Å²) in [6, 6.07) is 7.13. The predicted molar refractivity (Wildman–Crippen MR) is 77.7 cm³/mol. The van der Waals surface area contributed by atoms with Gasteiger partial charge in [0.25, 0.3) is 5.91 Å². The van der Waals surface area contributed by atoms with Crippen LogP contribution in [0.15, 0.2) is 34.9 Å². The fourth-order valence-electron chi connectivity index (χ4n) is 1.90. The van der Waals surface area contributed by atoms with Gasteiger partial charge in [0.1, 0.15) is 16.7 Å². The van der Waals surface area contributed by atoms with E-state index < -0.39 is 0 Å². The van der Waals surface area contributed by atoms with Gasteiger partial charge in [0.05, 0.1) is 12.1 Å². The second-order valence-electron chi connectivity index (χ2n) is 4.91. The summed E-state index contributed by atoms with van der Waals surface area (Å²) in [5.41, 5.74) is 0.520. The van der Waals surface area contributed by atoms with Crippen molar-refractivity contribution in [1.29, 1.82) is 0 Å². The smallest absolute Gasteiger partial charge is 0.256 e. The SMILES string of the molecule is Cc1ccc(CN(C(=O)c2ccc(Cl)nc2)C(C)C)o1. The lowest BCUT2D eigenvalue weighted by Crippen LogP contribution is -2.36. The molecule has 2 aromatic heterocycles. The molecule has 1 amide bonds. The number of aromatic nitrogens is 1. The number of carbonyl (C=O) groups excluding carboxylic acids is 1. The highest BCUT2D eigenvalue weighted by Gasteiger charge is 2.20. The summed E-state index contributed by atoms with van der Waals surface area (Å²) in [5, 5.41) is 0.374. The molecule has 0 aliphatic carbocycles. The van der Waals surface area contributed by atoms with Crippen LogP contribution < -0.4 is 0 Å². The molecule has 0 aliphatic heterocycles. The van der Waals surface area contributed by atoms with Gasteiger partial charge in [-0.25, -0.2) is 4.98 Å². The monoisotopic (exact) mass is 292 g/mol. The number of pyridine rings is 1. The quantitative estimate of drug-likeness (QED) is 0.808. The molecular weight excluding hydrogens is 276 g/mol. The highest BCUT2D eigenvalue weighted by Crippen LogP contribution is 2.16. The van der Waals surface area contributed by atoms with Gasteiger partial charge < -0.3 is 9.32 Å². The van der Waals surface area contributed by atoms with Gasteiger partial charge >= 0.3 is 0 Å². The van der Waals surface area contributed by atoms with Crippen molar-refractivity contribution in [1.82, 2.24) is 9.88 Å². The first-order valence-corrected chi connectivity index (χ1v) is 6.83. The number of nitrogens with zero attached hydrogens (tertiary/aromatic N) is 2. The van der Waals surface area contributed by atoms with Crippen molar-refractivity contribution in [2.75, 3.05) is 0 Å². The van der Waals surface area contributed by atoms with E-state index in [1.165, 1.54) is 6.20 Å². The van der Waals surface area contributed by atoms with Crippen LogP contribution in [0.2, 0.25) is 5.15 Å². The molecule has 5 heteroatoms. The van der Waals surface area contributed by atoms with E-state index in [2.05, 4.69) is 4.98 Å². The molecule has 0 aromatic carbocycles. The average Bonchev–Trinajstić information content (AvgIpc) is 2.81. The summed E-state index contributed by atoms with van der Waals surface area (Å²) in [4.78, 5) is 18.2. The third kappa shape index (κ3) is 3.39. The number of halogens is 1. The molecule has 0 saturated heterocycles. The van der Waals surface area contributed by atoms with Gasteiger partial charge in [-0.15, -0.1) is 0 Å². The van der Waals surface area contributed by atoms with Crippen LogP contribution in [0.1, 0.15) is 35.7 Å². The van der Waals surface area contributed by atoms with Gasteiger partial charge in [-0.05, 0) is 45.0 Å². The number of amides is 1. The van der Waals surface area contributed by atoms with E-state index in [1.807, 2.05) is 32.9 Å². The van der Waals surface area contributed by atoms with Gasteiger partial charge in [-0.3, -0.25) is 4.79 Å². The van der Waals surface area contributed by atoms with Crippen LogP contribution in [0.25, 0.3) is 0 Å². The van der Waals surface area contributed by atoms with Crippen LogP contribution >= 0.6 is 11.6 Å². The molecule has 2 heterocycles. The Morgan fingerprint density at radius 1 is 1.35 bits per heavy atom. The molecule has 0 aliphatic rings. The van der Waals surface area contributed by atoms with E-state index in [-0.39, 0.29) is 11.9 Å². The maximum atomic E-state index is 12.5. The Balaban J connectivity index is 2.19. The number of aryl methyl sites for hydroxylation is 1. The molecule has 0 atom stereocenters. The topological polar surface area (TPSA) is 46.3 Å². The molecule has 4 nitrogen and oxygen atoms in total. The van der Waals surface area contributed by atoms with Crippen molar-refractivity contribution in [2.45, 2.75) is 33.4 Å². The van der Waals surface area contributed by atoms with E-state index in [0.717, 1.165) is 11.5 Å². The normalized spacial score (nSPS) is 10.8. The van der Waals surface area contributed by atoms with Crippen molar-refractivity contribution < 1.29 is 9.21 Å². The second-order valence-corrected chi connectivity index (χ2v) is 5.30. The number of carbonyl (C=O) groups is 1. The van der Waals surface area contributed by atoms with Crippen LogP contribution in [0.3, 0.4) is 0 Å². The van der Waals surface area contributed by atoms with Crippen LogP contribution in [-0.4, -0.2) is 21.8 Å². The molecule has 0 saturated carbocycles. The molecule has 0 radical (unpaired) electrons. The van der Waals surface area contributed by atoms with Crippen molar-refractivity contribution in [3.8, 4) is 0 Å². The van der Waals surface area contributed by atoms with Crippen molar-refractivity contribution in [3.05, 3.63) is 52.7 Å². The minimum absolute atomic E-state index is 0.0589. The highest BCUT2D eigenvalue weighted by atomic mass is 35.5. The first kappa shape index (κ1) is 14.6. The third-order valence-electron chi connectivity index (χ3n) is 2.98. The average molecular weight is 293 g/mol. The summed E-state index contributed by atoms with van der Waals surface area (Å²) in [5.74, 6) is 1.52. The van der Waals surface area contributed by atoms with Gasteiger partial charge in [0.15, 0.2) is 0 Å². The lowest BCUT2D eigenvalue weighted by Gasteiger charge is -2.25. The van der Waals surface area contributed by atoms with Crippen LogP contribution in [0.5, 0.6) is 0 Å². The maximum Gasteiger partial charge on any atom is 0.256 e. The molecular formula is C15H17ClN2O2. The summed E-state index contributed by atoms with van der Waals surface area (Å²) < 4.78 is 5.54. The van der Waals surface area contributed by atoms with E-state index in [4.69, 9.17) is 16.0 Å². The minimum Gasteiger partial charge on any atom is -0.464 e. The van der Waals surface area contributed by atoms with E-state index in [9.17, 15) is 4.79 Å². The third-order valence-corrected chi connectivity index (χ3v) is 3.20. The Morgan fingerprint density at radius 3 is 2.60 bits per heavy atom. The standard InChI is InChI=1S/C15H17ClN2O2/c1-10(2)18(9-13-6-4-11(3)20-13)15(19)12-5-7-14(16)17-8-12/h4-8,10H,9H2,1-3H3. The summed E-state index contributed by atoms with van der Waals surface area (Å²) in [7, 11) is 0. The Bertz CT molecular complexity index is 590. The zero-order chi connectivity index (χ0) is 14.7. The molecule has 0 unspecified atom stereocenters. The van der Waals surface area contributed by atoms with Gasteiger partial charge in [0.2, 0.25) is 0 Å². The number of furan rings is 1. The highest BCUT2D eigenvalue weighted by molar-refractivity contribution is 6.29. The lowest BCUT2D eigenvalue weighted by molar-refractivity contribution is 0.0675. The Hall–Kier alpha value is -1.81. The number of hydrogen-bond acceptors (Lipinski definition) is 3. The first-order valence-electron chi connectivity index (χ1n) is 6.45. The molecule has 20 heavy (non-hydrogen) atoms. The minimum atomic E-state index is -0.0850. The zero-order valence-corrected chi connectivity index (χ0v) is 12.5. The molecule has 106 valence electrons. The van der Waals surface area contributed by atoms with Gasteiger partial charge in [-0.2, -0.15) is 0 Å². The molecule has 0 spiro atoms. The summed E-state index contributed by atoms with van der Waals surface area (Å²) >= 11 is 5.74. The fourth-order valence-corrected chi connectivity index (χ4v) is 2.01. The van der Waals surface area contributed by atoms with Crippen LogP contribution in [0, 0.1) is 6.92 Å². The zero-order valence-electron chi connectivity index (χ0n) is 11.8. The molecule has 2 aromatic rings. The molecule has 2 rings (SSSR count). The van der Waals surface area contributed by atoms with Crippen molar-refractivity contribution >= 4 is 17.5 Å². The summed E-state index contributed by atoms with van der Waals surface area (Å²) in [6.45, 7) is 6.26. The van der Waals surface area contributed by atoms with Crippen molar-refractivity contribution in [3.63, 3.8) is 0 Å². The second kappa shape index (κ2) is 6.09.